The highest BCUT2D eigenvalue weighted by atomic mass is 16.7. The number of ether oxygens (including phenoxy) is 2. The smallest absolute Gasteiger partial charge is 0.242 e. The van der Waals surface area contributed by atoms with E-state index in [4.69, 9.17) is 9.47 Å². The SMILES string of the molecule is CC(NC(=O)C1CC(=O)N(c2ccc3c(c2)OCO3)C1)C(=O)NC1CCCCCC1. The Balaban J connectivity index is 1.31. The van der Waals surface area contributed by atoms with Crippen LogP contribution in [0.25, 0.3) is 0 Å². The number of hydrogen-bond donors (Lipinski definition) is 2. The minimum atomic E-state index is -0.629. The molecule has 3 aliphatic rings. The summed E-state index contributed by atoms with van der Waals surface area (Å²) in [5, 5.41) is 5.85. The molecule has 2 fully saturated rings. The second-order valence-electron chi connectivity index (χ2n) is 8.37. The number of anilines is 1. The number of hydrogen-bond acceptors (Lipinski definition) is 5. The van der Waals surface area contributed by atoms with Crippen LogP contribution in [0.3, 0.4) is 0 Å². The van der Waals surface area contributed by atoms with Crippen molar-refractivity contribution >= 4 is 23.4 Å². The third-order valence-electron chi connectivity index (χ3n) is 6.12. The van der Waals surface area contributed by atoms with E-state index in [1.165, 1.54) is 12.8 Å². The van der Waals surface area contributed by atoms with Gasteiger partial charge in [0, 0.05) is 30.8 Å². The number of carbonyl (C=O) groups is 3. The van der Waals surface area contributed by atoms with Gasteiger partial charge in [-0.1, -0.05) is 25.7 Å². The van der Waals surface area contributed by atoms with Gasteiger partial charge in [0.25, 0.3) is 0 Å². The first kappa shape index (κ1) is 20.5. The number of nitrogens with one attached hydrogen (secondary N) is 2. The second kappa shape index (κ2) is 8.93. The summed E-state index contributed by atoms with van der Waals surface area (Å²) in [5.74, 6) is 0.202. The van der Waals surface area contributed by atoms with Crippen LogP contribution < -0.4 is 25.0 Å². The Labute approximate surface area is 176 Å². The van der Waals surface area contributed by atoms with Gasteiger partial charge in [0.05, 0.1) is 5.92 Å². The van der Waals surface area contributed by atoms with Crippen LogP contribution in [0.4, 0.5) is 5.69 Å². The Morgan fingerprint density at radius 3 is 2.60 bits per heavy atom. The molecule has 3 amide bonds. The lowest BCUT2D eigenvalue weighted by molar-refractivity contribution is -0.131. The maximum atomic E-state index is 12.7. The summed E-state index contributed by atoms with van der Waals surface area (Å²) < 4.78 is 10.7. The summed E-state index contributed by atoms with van der Waals surface area (Å²) in [6, 6.07) is 4.86. The molecule has 0 bridgehead atoms. The fourth-order valence-electron chi connectivity index (χ4n) is 4.33. The number of carbonyl (C=O) groups excluding carboxylic acids is 3. The molecule has 2 aliphatic heterocycles. The van der Waals surface area contributed by atoms with Crippen molar-refractivity contribution < 1.29 is 23.9 Å². The van der Waals surface area contributed by atoms with Crippen LogP contribution in [0, 0.1) is 5.92 Å². The molecule has 2 N–H and O–H groups in total. The summed E-state index contributed by atoms with van der Waals surface area (Å²) in [7, 11) is 0. The predicted molar refractivity (Wildman–Crippen MR) is 110 cm³/mol. The van der Waals surface area contributed by atoms with Gasteiger partial charge in [0.2, 0.25) is 24.5 Å². The Kier molecular flexibility index (Phi) is 6.11. The molecule has 8 nitrogen and oxygen atoms in total. The Morgan fingerprint density at radius 1 is 1.10 bits per heavy atom. The van der Waals surface area contributed by atoms with Gasteiger partial charge in [0.15, 0.2) is 11.5 Å². The molecule has 30 heavy (non-hydrogen) atoms. The van der Waals surface area contributed by atoms with E-state index in [9.17, 15) is 14.4 Å². The monoisotopic (exact) mass is 415 g/mol. The van der Waals surface area contributed by atoms with E-state index < -0.39 is 12.0 Å². The molecule has 1 aromatic rings. The molecule has 4 rings (SSSR count). The molecule has 2 unspecified atom stereocenters. The molecule has 1 saturated heterocycles. The molecule has 162 valence electrons. The zero-order chi connectivity index (χ0) is 21.1. The lowest BCUT2D eigenvalue weighted by Gasteiger charge is -2.21. The van der Waals surface area contributed by atoms with Crippen molar-refractivity contribution in [2.24, 2.45) is 5.92 Å². The summed E-state index contributed by atoms with van der Waals surface area (Å²) in [5.41, 5.74) is 0.679. The molecule has 8 heteroatoms. The van der Waals surface area contributed by atoms with Crippen LogP contribution in [0.1, 0.15) is 51.9 Å². The lowest BCUT2D eigenvalue weighted by Crippen LogP contribution is -2.49. The van der Waals surface area contributed by atoms with Crippen molar-refractivity contribution in [3.63, 3.8) is 0 Å². The van der Waals surface area contributed by atoms with Crippen LogP contribution in [0.5, 0.6) is 11.5 Å². The van der Waals surface area contributed by atoms with Gasteiger partial charge < -0.3 is 25.0 Å². The lowest BCUT2D eigenvalue weighted by atomic mass is 10.1. The Morgan fingerprint density at radius 2 is 1.83 bits per heavy atom. The highest BCUT2D eigenvalue weighted by molar-refractivity contribution is 6.01. The van der Waals surface area contributed by atoms with Gasteiger partial charge in [-0.05, 0) is 31.9 Å². The maximum absolute atomic E-state index is 12.7. The van der Waals surface area contributed by atoms with Crippen molar-refractivity contribution in [1.82, 2.24) is 10.6 Å². The van der Waals surface area contributed by atoms with E-state index in [-0.39, 0.29) is 43.5 Å². The van der Waals surface area contributed by atoms with Crippen molar-refractivity contribution in [2.45, 2.75) is 64.0 Å². The molecule has 1 saturated carbocycles. The maximum Gasteiger partial charge on any atom is 0.242 e. The van der Waals surface area contributed by atoms with Gasteiger partial charge >= 0.3 is 0 Å². The number of nitrogens with zero attached hydrogens (tertiary/aromatic N) is 1. The third kappa shape index (κ3) is 4.52. The van der Waals surface area contributed by atoms with E-state index in [0.717, 1.165) is 25.7 Å². The Hall–Kier alpha value is -2.77. The molecule has 1 aromatic carbocycles. The van der Waals surface area contributed by atoms with E-state index >= 15 is 0 Å². The largest absolute Gasteiger partial charge is 0.454 e. The topological polar surface area (TPSA) is 97.0 Å². The average Bonchev–Trinajstić information content (AvgIpc) is 3.27. The average molecular weight is 415 g/mol. The van der Waals surface area contributed by atoms with Crippen LogP contribution in [0.15, 0.2) is 18.2 Å². The van der Waals surface area contributed by atoms with E-state index in [1.807, 2.05) is 0 Å². The van der Waals surface area contributed by atoms with Gasteiger partial charge in [-0.15, -0.1) is 0 Å². The van der Waals surface area contributed by atoms with Crippen LogP contribution in [-0.2, 0) is 14.4 Å². The second-order valence-corrected chi connectivity index (χ2v) is 8.37. The normalized spacial score (nSPS) is 22.5. The van der Waals surface area contributed by atoms with E-state index in [2.05, 4.69) is 10.6 Å². The van der Waals surface area contributed by atoms with Gasteiger partial charge in [-0.3, -0.25) is 14.4 Å². The fraction of sp³-hybridized carbons (Fsp3) is 0.591. The van der Waals surface area contributed by atoms with Crippen LogP contribution in [0.2, 0.25) is 0 Å². The van der Waals surface area contributed by atoms with Crippen molar-refractivity contribution in [3.8, 4) is 11.5 Å². The summed E-state index contributed by atoms with van der Waals surface area (Å²) >= 11 is 0. The number of amides is 3. The van der Waals surface area contributed by atoms with E-state index in [1.54, 1.807) is 30.0 Å². The first-order valence-corrected chi connectivity index (χ1v) is 10.8. The Bertz CT molecular complexity index is 819. The highest BCUT2D eigenvalue weighted by Crippen LogP contribution is 2.37. The number of fused-ring (bicyclic) bond motifs is 1. The summed E-state index contributed by atoms with van der Waals surface area (Å²) in [6.07, 6.45) is 6.80. The minimum Gasteiger partial charge on any atom is -0.454 e. The molecule has 0 spiro atoms. The first-order chi connectivity index (χ1) is 14.5. The highest BCUT2D eigenvalue weighted by Gasteiger charge is 2.36. The molecule has 0 aromatic heterocycles. The number of benzene rings is 1. The fourth-order valence-corrected chi connectivity index (χ4v) is 4.33. The van der Waals surface area contributed by atoms with Crippen molar-refractivity contribution in [2.75, 3.05) is 18.2 Å². The molecule has 0 radical (unpaired) electrons. The molecule has 1 aliphatic carbocycles. The van der Waals surface area contributed by atoms with Gasteiger partial charge in [-0.25, -0.2) is 0 Å². The summed E-state index contributed by atoms with van der Waals surface area (Å²) in [4.78, 5) is 39.3. The molecular weight excluding hydrogens is 386 g/mol. The minimum absolute atomic E-state index is 0.121. The first-order valence-electron chi connectivity index (χ1n) is 10.8. The van der Waals surface area contributed by atoms with Gasteiger partial charge in [-0.2, -0.15) is 0 Å². The third-order valence-corrected chi connectivity index (χ3v) is 6.12. The zero-order valence-corrected chi connectivity index (χ0v) is 17.3. The molecule has 2 atom stereocenters. The van der Waals surface area contributed by atoms with E-state index in [0.29, 0.717) is 17.2 Å². The van der Waals surface area contributed by atoms with Crippen molar-refractivity contribution in [1.29, 1.82) is 0 Å². The standard InChI is InChI=1S/C22H29N3O5/c1-14(21(27)24-16-6-4-2-3-5-7-16)23-22(28)15-10-20(26)25(12-15)17-8-9-18-19(11-17)30-13-29-18/h8-9,11,14-16H,2-7,10,12-13H2,1H3,(H,23,28)(H,24,27). The quantitative estimate of drug-likeness (QED) is 0.718. The molecular formula is C22H29N3O5. The van der Waals surface area contributed by atoms with Gasteiger partial charge in [0.1, 0.15) is 6.04 Å². The zero-order valence-electron chi connectivity index (χ0n) is 17.3. The number of rotatable bonds is 5. The van der Waals surface area contributed by atoms with Crippen molar-refractivity contribution in [3.05, 3.63) is 18.2 Å². The summed E-state index contributed by atoms with van der Waals surface area (Å²) in [6.45, 7) is 2.14. The van der Waals surface area contributed by atoms with Crippen LogP contribution in [-0.4, -0.2) is 43.1 Å². The van der Waals surface area contributed by atoms with Crippen LogP contribution >= 0.6 is 0 Å². The predicted octanol–water partition coefficient (Wildman–Crippen LogP) is 2.11. The molecule has 2 heterocycles.